The lowest BCUT2D eigenvalue weighted by molar-refractivity contribution is 0.123. The molecule has 4 heteroatoms. The van der Waals surface area contributed by atoms with Crippen LogP contribution in [-0.2, 0) is 0 Å². The fourth-order valence-corrected chi connectivity index (χ4v) is 1.33. The monoisotopic (exact) mass is 220 g/mol. The van der Waals surface area contributed by atoms with Gasteiger partial charge in [-0.15, -0.1) is 0 Å². The Kier molecular flexibility index (Phi) is 3.85. The Morgan fingerprint density at radius 3 is 2.38 bits per heavy atom. The van der Waals surface area contributed by atoms with Crippen LogP contribution >= 0.6 is 23.2 Å². The van der Waals surface area contributed by atoms with Crippen molar-refractivity contribution in [2.24, 2.45) is 0 Å². The van der Waals surface area contributed by atoms with E-state index in [9.17, 15) is 0 Å². The number of halogens is 2. The molecule has 0 aliphatic rings. The standard InChI is InChI=1S/C9H10Cl2O2/c1-6(12)5-13-9-7(10)3-2-4-8(9)11/h2-4,6,12H,5H2,1H3. The van der Waals surface area contributed by atoms with Gasteiger partial charge in [-0.05, 0) is 19.1 Å². The molecule has 0 aromatic heterocycles. The number of rotatable bonds is 3. The largest absolute Gasteiger partial charge is 0.488 e. The average Bonchev–Trinajstić information content (AvgIpc) is 2.03. The van der Waals surface area contributed by atoms with Gasteiger partial charge in [0.15, 0.2) is 5.75 Å². The maximum Gasteiger partial charge on any atom is 0.156 e. The molecule has 0 bridgehead atoms. The quantitative estimate of drug-likeness (QED) is 0.850. The predicted molar refractivity (Wildman–Crippen MR) is 53.6 cm³/mol. The van der Waals surface area contributed by atoms with Gasteiger partial charge in [0.25, 0.3) is 0 Å². The van der Waals surface area contributed by atoms with Crippen molar-refractivity contribution in [3.8, 4) is 5.75 Å². The highest BCUT2D eigenvalue weighted by Crippen LogP contribution is 2.32. The molecule has 0 radical (unpaired) electrons. The van der Waals surface area contributed by atoms with Crippen molar-refractivity contribution < 1.29 is 9.84 Å². The van der Waals surface area contributed by atoms with Crippen molar-refractivity contribution in [3.05, 3.63) is 28.2 Å². The molecule has 0 fully saturated rings. The Hall–Kier alpha value is -0.440. The second-order valence-electron chi connectivity index (χ2n) is 2.71. The van der Waals surface area contributed by atoms with Crippen LogP contribution in [0, 0.1) is 0 Å². The summed E-state index contributed by atoms with van der Waals surface area (Å²) >= 11 is 11.6. The maximum atomic E-state index is 8.98. The van der Waals surface area contributed by atoms with Gasteiger partial charge in [-0.3, -0.25) is 0 Å². The lowest BCUT2D eigenvalue weighted by Crippen LogP contribution is -2.13. The average molecular weight is 221 g/mol. The summed E-state index contributed by atoms with van der Waals surface area (Å²) in [5.74, 6) is 0.423. The third-order valence-electron chi connectivity index (χ3n) is 1.39. The first-order valence-corrected chi connectivity index (χ1v) is 4.61. The molecule has 0 amide bonds. The fourth-order valence-electron chi connectivity index (χ4n) is 0.824. The Balaban J connectivity index is 2.75. The highest BCUT2D eigenvalue weighted by atomic mass is 35.5. The minimum Gasteiger partial charge on any atom is -0.488 e. The lowest BCUT2D eigenvalue weighted by Gasteiger charge is -2.10. The molecule has 1 N–H and O–H groups in total. The highest BCUT2D eigenvalue weighted by molar-refractivity contribution is 6.37. The number of para-hydroxylation sites is 1. The second kappa shape index (κ2) is 4.70. The molecule has 0 aliphatic heterocycles. The molecule has 72 valence electrons. The van der Waals surface area contributed by atoms with Crippen LogP contribution in [0.1, 0.15) is 6.92 Å². The van der Waals surface area contributed by atoms with Gasteiger partial charge < -0.3 is 9.84 Å². The molecule has 1 unspecified atom stereocenters. The van der Waals surface area contributed by atoms with E-state index in [0.29, 0.717) is 15.8 Å². The summed E-state index contributed by atoms with van der Waals surface area (Å²) in [6.07, 6.45) is -0.535. The normalized spacial score (nSPS) is 12.6. The van der Waals surface area contributed by atoms with E-state index in [1.54, 1.807) is 25.1 Å². The van der Waals surface area contributed by atoms with Crippen molar-refractivity contribution in [2.45, 2.75) is 13.0 Å². The van der Waals surface area contributed by atoms with E-state index in [0.717, 1.165) is 0 Å². The summed E-state index contributed by atoms with van der Waals surface area (Å²) in [4.78, 5) is 0. The van der Waals surface area contributed by atoms with Gasteiger partial charge >= 0.3 is 0 Å². The zero-order chi connectivity index (χ0) is 9.84. The number of hydrogen-bond donors (Lipinski definition) is 1. The summed E-state index contributed by atoms with van der Waals surface area (Å²) < 4.78 is 5.22. The van der Waals surface area contributed by atoms with E-state index in [1.807, 2.05) is 0 Å². The zero-order valence-electron chi connectivity index (χ0n) is 7.13. The van der Waals surface area contributed by atoms with Crippen molar-refractivity contribution in [2.75, 3.05) is 6.61 Å². The number of aliphatic hydroxyl groups is 1. The van der Waals surface area contributed by atoms with Crippen LogP contribution in [0.4, 0.5) is 0 Å². The SMILES string of the molecule is CC(O)COc1c(Cl)cccc1Cl. The first-order chi connectivity index (χ1) is 6.11. The molecule has 0 saturated heterocycles. The van der Waals surface area contributed by atoms with Crippen molar-refractivity contribution in [1.29, 1.82) is 0 Å². The van der Waals surface area contributed by atoms with Gasteiger partial charge in [-0.1, -0.05) is 29.3 Å². The van der Waals surface area contributed by atoms with E-state index in [4.69, 9.17) is 33.0 Å². The Bertz CT molecular complexity index is 267. The van der Waals surface area contributed by atoms with E-state index in [-0.39, 0.29) is 6.61 Å². The predicted octanol–water partition coefficient (Wildman–Crippen LogP) is 2.75. The maximum absolute atomic E-state index is 8.98. The van der Waals surface area contributed by atoms with Crippen LogP contribution < -0.4 is 4.74 Å². The van der Waals surface area contributed by atoms with Crippen LogP contribution in [0.15, 0.2) is 18.2 Å². The number of aliphatic hydroxyl groups excluding tert-OH is 1. The molecule has 1 atom stereocenters. The molecule has 0 saturated carbocycles. The molecule has 1 aromatic rings. The molecule has 1 rings (SSSR count). The Morgan fingerprint density at radius 2 is 1.92 bits per heavy atom. The Morgan fingerprint density at radius 1 is 1.38 bits per heavy atom. The summed E-state index contributed by atoms with van der Waals surface area (Å²) in [5, 5.41) is 9.89. The summed E-state index contributed by atoms with van der Waals surface area (Å²) in [5.41, 5.74) is 0. The van der Waals surface area contributed by atoms with Gasteiger partial charge in [-0.2, -0.15) is 0 Å². The third-order valence-corrected chi connectivity index (χ3v) is 1.98. The number of hydrogen-bond acceptors (Lipinski definition) is 2. The minimum atomic E-state index is -0.535. The highest BCUT2D eigenvalue weighted by Gasteiger charge is 2.07. The van der Waals surface area contributed by atoms with Gasteiger partial charge in [0.1, 0.15) is 6.61 Å². The van der Waals surface area contributed by atoms with E-state index in [1.165, 1.54) is 0 Å². The van der Waals surface area contributed by atoms with Gasteiger partial charge in [0.2, 0.25) is 0 Å². The third kappa shape index (κ3) is 3.07. The lowest BCUT2D eigenvalue weighted by atomic mass is 10.3. The van der Waals surface area contributed by atoms with Crippen LogP contribution in [0.25, 0.3) is 0 Å². The van der Waals surface area contributed by atoms with Crippen LogP contribution in [0.2, 0.25) is 10.0 Å². The molecule has 13 heavy (non-hydrogen) atoms. The van der Waals surface area contributed by atoms with Crippen LogP contribution in [-0.4, -0.2) is 17.8 Å². The molecule has 0 aliphatic carbocycles. The van der Waals surface area contributed by atoms with E-state index >= 15 is 0 Å². The smallest absolute Gasteiger partial charge is 0.156 e. The van der Waals surface area contributed by atoms with Crippen molar-refractivity contribution in [3.63, 3.8) is 0 Å². The second-order valence-corrected chi connectivity index (χ2v) is 3.53. The zero-order valence-corrected chi connectivity index (χ0v) is 8.64. The molecule has 2 nitrogen and oxygen atoms in total. The first-order valence-electron chi connectivity index (χ1n) is 3.86. The first kappa shape index (κ1) is 10.6. The van der Waals surface area contributed by atoms with Crippen LogP contribution in [0.5, 0.6) is 5.75 Å². The topological polar surface area (TPSA) is 29.5 Å². The fraction of sp³-hybridized carbons (Fsp3) is 0.333. The van der Waals surface area contributed by atoms with Crippen molar-refractivity contribution >= 4 is 23.2 Å². The molecular weight excluding hydrogens is 211 g/mol. The Labute approximate surface area is 87.0 Å². The van der Waals surface area contributed by atoms with E-state index < -0.39 is 6.10 Å². The van der Waals surface area contributed by atoms with Crippen LogP contribution in [0.3, 0.4) is 0 Å². The minimum absolute atomic E-state index is 0.184. The molecule has 0 spiro atoms. The molecular formula is C9H10Cl2O2. The van der Waals surface area contributed by atoms with Crippen molar-refractivity contribution in [1.82, 2.24) is 0 Å². The summed E-state index contributed by atoms with van der Waals surface area (Å²) in [6, 6.07) is 5.11. The summed E-state index contributed by atoms with van der Waals surface area (Å²) in [6.45, 7) is 1.81. The number of benzene rings is 1. The molecule has 0 heterocycles. The van der Waals surface area contributed by atoms with Gasteiger partial charge in [0, 0.05) is 0 Å². The number of ether oxygens (including phenoxy) is 1. The molecule has 1 aromatic carbocycles. The summed E-state index contributed by atoms with van der Waals surface area (Å²) in [7, 11) is 0. The van der Waals surface area contributed by atoms with Gasteiger partial charge in [0.05, 0.1) is 16.1 Å². The van der Waals surface area contributed by atoms with Gasteiger partial charge in [-0.25, -0.2) is 0 Å². The van der Waals surface area contributed by atoms with E-state index in [2.05, 4.69) is 0 Å².